The van der Waals surface area contributed by atoms with Crippen LogP contribution in [0.3, 0.4) is 0 Å². The molecule has 23 heavy (non-hydrogen) atoms. The van der Waals surface area contributed by atoms with E-state index in [1.807, 2.05) is 12.1 Å². The summed E-state index contributed by atoms with van der Waals surface area (Å²) in [4.78, 5) is 4.50. The van der Waals surface area contributed by atoms with Crippen molar-refractivity contribution in [2.75, 3.05) is 19.7 Å². The van der Waals surface area contributed by atoms with Gasteiger partial charge in [0, 0.05) is 28.8 Å². The van der Waals surface area contributed by atoms with Crippen molar-refractivity contribution in [3.05, 3.63) is 60.1 Å². The monoisotopic (exact) mass is 313 g/mol. The lowest BCUT2D eigenvalue weighted by Crippen LogP contribution is -2.27. The lowest BCUT2D eigenvalue weighted by molar-refractivity contribution is 0.332. The van der Waals surface area contributed by atoms with Crippen LogP contribution in [0.4, 0.5) is 4.39 Å². The summed E-state index contributed by atoms with van der Waals surface area (Å²) >= 11 is 0. The van der Waals surface area contributed by atoms with E-state index in [2.05, 4.69) is 23.5 Å². The van der Waals surface area contributed by atoms with E-state index in [1.165, 1.54) is 0 Å². The van der Waals surface area contributed by atoms with Crippen molar-refractivity contribution in [1.82, 2.24) is 10.3 Å². The molecule has 0 amide bonds. The molecule has 0 atom stereocenters. The lowest BCUT2D eigenvalue weighted by Gasteiger charge is -2.22. The summed E-state index contributed by atoms with van der Waals surface area (Å²) in [5, 5.41) is 11.9. The van der Waals surface area contributed by atoms with Gasteiger partial charge in [0.05, 0.1) is 6.07 Å². The highest BCUT2D eigenvalue weighted by Crippen LogP contribution is 2.25. The van der Waals surface area contributed by atoms with Crippen LogP contribution in [0.1, 0.15) is 24.5 Å². The molecule has 1 aliphatic heterocycles. The number of rotatable bonds is 6. The molecule has 0 bridgehead atoms. The van der Waals surface area contributed by atoms with Crippen LogP contribution in [0.5, 0.6) is 5.88 Å². The van der Waals surface area contributed by atoms with Crippen molar-refractivity contribution < 1.29 is 9.13 Å². The third-order valence-corrected chi connectivity index (χ3v) is 3.68. The highest BCUT2D eigenvalue weighted by molar-refractivity contribution is 5.37. The Labute approximate surface area is 136 Å². The average Bonchev–Trinajstić information content (AvgIpc) is 2.60. The minimum absolute atomic E-state index is 0.0241. The first kappa shape index (κ1) is 16.9. The normalized spacial score (nSPS) is 15.7. The van der Waals surface area contributed by atoms with Gasteiger partial charge in [-0.15, -0.1) is 0 Å². The minimum Gasteiger partial charge on any atom is -0.473 e. The number of allylic oxidation sites excluding steroid dienone is 2. The molecule has 0 radical (unpaired) electrons. The summed E-state index contributed by atoms with van der Waals surface area (Å²) in [7, 11) is 0. The minimum atomic E-state index is -0.606. The van der Waals surface area contributed by atoms with Crippen LogP contribution in [0.25, 0.3) is 0 Å². The summed E-state index contributed by atoms with van der Waals surface area (Å²) in [6.45, 7) is 8.98. The smallest absolute Gasteiger partial charge is 0.213 e. The van der Waals surface area contributed by atoms with Crippen molar-refractivity contribution in [2.24, 2.45) is 0 Å². The highest BCUT2D eigenvalue weighted by Gasteiger charge is 2.16. The fourth-order valence-corrected chi connectivity index (χ4v) is 2.37. The van der Waals surface area contributed by atoms with Gasteiger partial charge in [0.25, 0.3) is 0 Å². The number of hydrogen-bond acceptors (Lipinski definition) is 4. The molecule has 0 aliphatic carbocycles. The maximum Gasteiger partial charge on any atom is 0.213 e. The van der Waals surface area contributed by atoms with Crippen molar-refractivity contribution in [3.63, 3.8) is 0 Å². The highest BCUT2D eigenvalue weighted by atomic mass is 19.1. The van der Waals surface area contributed by atoms with Crippen molar-refractivity contribution in [2.45, 2.75) is 18.8 Å². The summed E-state index contributed by atoms with van der Waals surface area (Å²) in [6.07, 6.45) is 3.15. The molecule has 1 fully saturated rings. The zero-order valence-electron chi connectivity index (χ0n) is 13.0. The molecule has 0 spiro atoms. The molecule has 1 N–H and O–H groups in total. The van der Waals surface area contributed by atoms with Gasteiger partial charge in [0.2, 0.25) is 5.88 Å². The van der Waals surface area contributed by atoms with Gasteiger partial charge in [0.15, 0.2) is 0 Å². The van der Waals surface area contributed by atoms with Gasteiger partial charge >= 0.3 is 0 Å². The fraction of sp³-hybridized carbons (Fsp3) is 0.333. The summed E-state index contributed by atoms with van der Waals surface area (Å²) in [6, 6.07) is 7.39. The topological polar surface area (TPSA) is 57.9 Å². The van der Waals surface area contributed by atoms with Crippen LogP contribution >= 0.6 is 0 Å². The first-order chi connectivity index (χ1) is 11.1. The summed E-state index contributed by atoms with van der Waals surface area (Å²) in [5.74, 6) is 0.277. The van der Waals surface area contributed by atoms with E-state index in [0.29, 0.717) is 11.8 Å². The van der Waals surface area contributed by atoms with Gasteiger partial charge in [-0.05, 0) is 38.1 Å². The molecular formula is C18H20FN3O. The van der Waals surface area contributed by atoms with E-state index in [4.69, 9.17) is 10.00 Å². The number of ether oxygens (including phenoxy) is 1. The first-order valence-electron chi connectivity index (χ1n) is 7.55. The van der Waals surface area contributed by atoms with Crippen LogP contribution in [-0.2, 0) is 0 Å². The predicted octanol–water partition coefficient (Wildman–Crippen LogP) is 3.42. The van der Waals surface area contributed by atoms with Crippen molar-refractivity contribution in [1.29, 1.82) is 5.26 Å². The van der Waals surface area contributed by atoms with Crippen LogP contribution in [0.2, 0.25) is 0 Å². The van der Waals surface area contributed by atoms with E-state index in [1.54, 1.807) is 12.1 Å². The first-order valence-corrected chi connectivity index (χ1v) is 7.55. The molecule has 120 valence electrons. The molecule has 5 heteroatoms. The third-order valence-electron chi connectivity index (χ3n) is 3.68. The largest absolute Gasteiger partial charge is 0.473 e. The molecule has 2 heterocycles. The number of aromatic nitrogens is 1. The molecule has 0 unspecified atom stereocenters. The Balaban J connectivity index is 1.95. The average molecular weight is 313 g/mol. The Bertz CT molecular complexity index is 654. The Morgan fingerprint density at radius 2 is 2.17 bits per heavy atom. The molecule has 1 aromatic heterocycles. The SMILES string of the molecule is C=C(C#N)/C=C(/F)C(=C)COc1cccc(C2CCNCC2)n1. The standard InChI is InChI=1S/C18H20FN3O/c1-13(11-20)10-16(19)14(2)12-23-18-5-3-4-17(22-18)15-6-8-21-9-7-15/h3-5,10,15,21H,1-2,6-9,12H2/b16-10+. The molecule has 4 nitrogen and oxygen atoms in total. The number of nitrogens with one attached hydrogen (secondary N) is 1. The van der Waals surface area contributed by atoms with Gasteiger partial charge in [-0.1, -0.05) is 19.2 Å². The predicted molar refractivity (Wildman–Crippen MR) is 87.7 cm³/mol. The van der Waals surface area contributed by atoms with Crippen LogP contribution in [0, 0.1) is 11.3 Å². The van der Waals surface area contributed by atoms with Crippen LogP contribution < -0.4 is 10.1 Å². The second-order valence-corrected chi connectivity index (χ2v) is 5.45. The lowest BCUT2D eigenvalue weighted by atomic mass is 9.94. The number of nitrogens with zero attached hydrogens (tertiary/aromatic N) is 2. The quantitative estimate of drug-likeness (QED) is 0.646. The number of pyridine rings is 1. The summed E-state index contributed by atoms with van der Waals surface area (Å²) in [5.41, 5.74) is 1.19. The van der Waals surface area contributed by atoms with E-state index in [0.717, 1.165) is 37.7 Å². The molecule has 1 saturated heterocycles. The van der Waals surface area contributed by atoms with E-state index in [-0.39, 0.29) is 17.8 Å². The van der Waals surface area contributed by atoms with Gasteiger partial charge in [-0.2, -0.15) is 5.26 Å². The zero-order chi connectivity index (χ0) is 16.7. The Morgan fingerprint density at radius 1 is 1.43 bits per heavy atom. The van der Waals surface area contributed by atoms with Crippen LogP contribution in [0.15, 0.2) is 54.4 Å². The van der Waals surface area contributed by atoms with Gasteiger partial charge in [-0.25, -0.2) is 9.37 Å². The maximum absolute atomic E-state index is 13.7. The Morgan fingerprint density at radius 3 is 2.87 bits per heavy atom. The Kier molecular flexibility index (Phi) is 6.07. The Hall–Kier alpha value is -2.45. The second-order valence-electron chi connectivity index (χ2n) is 5.45. The van der Waals surface area contributed by atoms with E-state index in [9.17, 15) is 4.39 Å². The van der Waals surface area contributed by atoms with Gasteiger partial charge in [0.1, 0.15) is 12.4 Å². The molecular weight excluding hydrogens is 293 g/mol. The molecule has 1 aliphatic rings. The van der Waals surface area contributed by atoms with Gasteiger partial charge in [-0.3, -0.25) is 0 Å². The third kappa shape index (κ3) is 5.04. The summed E-state index contributed by atoms with van der Waals surface area (Å²) < 4.78 is 19.3. The second kappa shape index (κ2) is 8.25. The number of nitriles is 1. The fourth-order valence-electron chi connectivity index (χ4n) is 2.37. The molecule has 2 rings (SSSR count). The van der Waals surface area contributed by atoms with Gasteiger partial charge < -0.3 is 10.1 Å². The van der Waals surface area contributed by atoms with E-state index < -0.39 is 5.83 Å². The number of hydrogen-bond donors (Lipinski definition) is 1. The maximum atomic E-state index is 13.7. The molecule has 0 saturated carbocycles. The van der Waals surface area contributed by atoms with Crippen molar-refractivity contribution in [3.8, 4) is 11.9 Å². The molecule has 1 aromatic rings. The van der Waals surface area contributed by atoms with Crippen LogP contribution in [-0.4, -0.2) is 24.7 Å². The number of piperidine rings is 1. The van der Waals surface area contributed by atoms with Crippen molar-refractivity contribution >= 4 is 0 Å². The van der Waals surface area contributed by atoms with E-state index >= 15 is 0 Å². The zero-order valence-corrected chi connectivity index (χ0v) is 13.0. The number of halogens is 1. The molecule has 0 aromatic carbocycles.